The lowest BCUT2D eigenvalue weighted by atomic mass is 10.1. The number of benzene rings is 1. The van der Waals surface area contributed by atoms with E-state index in [9.17, 15) is 14.4 Å². The number of rotatable bonds is 4. The van der Waals surface area contributed by atoms with E-state index < -0.39 is 11.8 Å². The van der Waals surface area contributed by atoms with Crippen LogP contribution in [0.25, 0.3) is 0 Å². The summed E-state index contributed by atoms with van der Waals surface area (Å²) in [6.45, 7) is 2.10. The molecule has 2 N–H and O–H groups in total. The Morgan fingerprint density at radius 1 is 1.24 bits per heavy atom. The number of hydrogen-bond donors (Lipinski definition) is 2. The van der Waals surface area contributed by atoms with E-state index in [1.54, 1.807) is 0 Å². The third kappa shape index (κ3) is 4.39. The third-order valence-corrected chi connectivity index (χ3v) is 3.27. The summed E-state index contributed by atoms with van der Waals surface area (Å²) in [5.74, 6) is -1.41. The summed E-state index contributed by atoms with van der Waals surface area (Å²) in [7, 11) is 0. The van der Waals surface area contributed by atoms with Crippen LogP contribution < -0.4 is 22.6 Å². The zero-order chi connectivity index (χ0) is 14.7. The molecular formula is C14H14Cl2N2O3. The van der Waals surface area contributed by atoms with Gasteiger partial charge in [0.15, 0.2) is 11.6 Å². The first-order chi connectivity index (χ1) is 9.47. The molecule has 1 heterocycles. The Bertz CT molecular complexity index is 597. The average Bonchev–Trinajstić information content (AvgIpc) is 2.65. The molecule has 0 radical (unpaired) electrons. The Balaban J connectivity index is 0.00000220. The number of amides is 3. The van der Waals surface area contributed by atoms with E-state index in [1.165, 1.54) is 0 Å². The first-order valence-electron chi connectivity index (χ1n) is 6.11. The molecule has 5 nitrogen and oxygen atoms in total. The molecule has 7 heteroatoms. The van der Waals surface area contributed by atoms with Crippen molar-refractivity contribution in [3.05, 3.63) is 46.5 Å². The van der Waals surface area contributed by atoms with Crippen molar-refractivity contribution in [2.24, 2.45) is 0 Å². The second-order valence-electron chi connectivity index (χ2n) is 4.60. The number of nitrogens with one attached hydrogen (secondary N) is 2. The molecule has 0 fully saturated rings. The smallest absolute Gasteiger partial charge is 0.364 e. The number of carbonyl (C=O) groups excluding carboxylic acids is 3. The molecule has 1 atom stereocenters. The van der Waals surface area contributed by atoms with Gasteiger partial charge < -0.3 is 17.7 Å². The Labute approximate surface area is 133 Å². The highest BCUT2D eigenvalue weighted by Gasteiger charge is 2.37. The van der Waals surface area contributed by atoms with Crippen molar-refractivity contribution in [2.75, 3.05) is 6.54 Å². The van der Waals surface area contributed by atoms with Gasteiger partial charge in [0.2, 0.25) is 0 Å². The molecule has 2 rings (SSSR count). The fourth-order valence-corrected chi connectivity index (χ4v) is 2.03. The summed E-state index contributed by atoms with van der Waals surface area (Å²) >= 11 is 5.56. The summed E-state index contributed by atoms with van der Waals surface area (Å²) in [5.41, 5.74) is 2.09. The van der Waals surface area contributed by atoms with Crippen LogP contribution in [-0.4, -0.2) is 24.3 Å². The molecule has 1 aliphatic rings. The zero-order valence-corrected chi connectivity index (χ0v) is 12.8. The molecule has 112 valence electrons. The van der Waals surface area contributed by atoms with E-state index >= 15 is 0 Å². The number of imide groups is 1. The molecule has 1 aromatic rings. The SMILES string of the molecule is Cc1ccc(CNC(=O)C[NH+]2C(=O)C=C(Cl)C2=O)cc1.[Cl-]. The minimum Gasteiger partial charge on any atom is -1.00 e. The van der Waals surface area contributed by atoms with Gasteiger partial charge >= 0.3 is 11.8 Å². The van der Waals surface area contributed by atoms with Gasteiger partial charge in [0.25, 0.3) is 5.91 Å². The van der Waals surface area contributed by atoms with E-state index in [0.29, 0.717) is 6.54 Å². The molecule has 1 aromatic carbocycles. The van der Waals surface area contributed by atoms with Crippen LogP contribution in [0.2, 0.25) is 0 Å². The number of halogens is 2. The summed E-state index contributed by atoms with van der Waals surface area (Å²) in [5, 5.41) is 2.54. The Kier molecular flexibility index (Phi) is 6.08. The highest BCUT2D eigenvalue weighted by molar-refractivity contribution is 6.44. The molecule has 0 aromatic heterocycles. The van der Waals surface area contributed by atoms with Crippen LogP contribution >= 0.6 is 11.6 Å². The second kappa shape index (κ2) is 7.36. The summed E-state index contributed by atoms with van der Waals surface area (Å²) in [4.78, 5) is 34.6. The molecule has 1 aliphatic heterocycles. The van der Waals surface area contributed by atoms with Gasteiger partial charge in [-0.15, -0.1) is 0 Å². The van der Waals surface area contributed by atoms with E-state index in [1.807, 2.05) is 31.2 Å². The van der Waals surface area contributed by atoms with Gasteiger partial charge in [0.05, 0.1) is 6.08 Å². The average molecular weight is 329 g/mol. The van der Waals surface area contributed by atoms with Crippen LogP contribution in [-0.2, 0) is 20.9 Å². The lowest BCUT2D eigenvalue weighted by Crippen LogP contribution is -3.16. The minimum atomic E-state index is -0.554. The lowest BCUT2D eigenvalue weighted by Gasteiger charge is -2.09. The molecule has 0 bridgehead atoms. The number of aryl methyl sites for hydroxylation is 1. The molecule has 0 saturated heterocycles. The van der Waals surface area contributed by atoms with Gasteiger partial charge in [-0.2, -0.15) is 4.90 Å². The topological polar surface area (TPSA) is 67.7 Å². The predicted octanol–water partition coefficient (Wildman–Crippen LogP) is -3.31. The Hall–Kier alpha value is -1.69. The fourth-order valence-electron chi connectivity index (χ4n) is 1.82. The molecule has 0 spiro atoms. The van der Waals surface area contributed by atoms with Crippen LogP contribution in [0.1, 0.15) is 11.1 Å². The maximum atomic E-state index is 11.7. The van der Waals surface area contributed by atoms with Gasteiger partial charge in [-0.05, 0) is 12.5 Å². The monoisotopic (exact) mass is 328 g/mol. The molecular weight excluding hydrogens is 315 g/mol. The Morgan fingerprint density at radius 2 is 1.86 bits per heavy atom. The minimum absolute atomic E-state index is 0. The lowest BCUT2D eigenvalue weighted by molar-refractivity contribution is -0.720. The first-order valence-corrected chi connectivity index (χ1v) is 6.49. The van der Waals surface area contributed by atoms with Crippen molar-refractivity contribution in [2.45, 2.75) is 13.5 Å². The van der Waals surface area contributed by atoms with E-state index in [4.69, 9.17) is 11.6 Å². The van der Waals surface area contributed by atoms with E-state index in [-0.39, 0.29) is 34.8 Å². The van der Waals surface area contributed by atoms with Crippen molar-refractivity contribution in [1.82, 2.24) is 5.32 Å². The summed E-state index contributed by atoms with van der Waals surface area (Å²) in [6.07, 6.45) is 1.05. The summed E-state index contributed by atoms with van der Waals surface area (Å²) < 4.78 is 0. The zero-order valence-electron chi connectivity index (χ0n) is 11.3. The van der Waals surface area contributed by atoms with Crippen LogP contribution in [0.4, 0.5) is 0 Å². The third-order valence-electron chi connectivity index (χ3n) is 2.99. The van der Waals surface area contributed by atoms with Crippen LogP contribution in [0.15, 0.2) is 35.4 Å². The van der Waals surface area contributed by atoms with E-state index in [2.05, 4.69) is 5.32 Å². The van der Waals surface area contributed by atoms with Gasteiger partial charge in [0, 0.05) is 6.54 Å². The molecule has 0 saturated carbocycles. The highest BCUT2D eigenvalue weighted by atomic mass is 35.5. The maximum Gasteiger partial charge on any atom is 0.364 e. The largest absolute Gasteiger partial charge is 1.00 e. The quantitative estimate of drug-likeness (QED) is 0.569. The fraction of sp³-hybridized carbons (Fsp3) is 0.214. The van der Waals surface area contributed by atoms with E-state index in [0.717, 1.165) is 17.2 Å². The van der Waals surface area contributed by atoms with Crippen molar-refractivity contribution in [3.63, 3.8) is 0 Å². The van der Waals surface area contributed by atoms with Crippen LogP contribution in [0.3, 0.4) is 0 Å². The molecule has 3 amide bonds. The van der Waals surface area contributed by atoms with Crippen LogP contribution in [0, 0.1) is 6.92 Å². The standard InChI is InChI=1S/C14H13ClN2O3.ClH/c1-9-2-4-10(5-3-9)7-16-12(18)8-17-13(19)6-11(15)14(17)20;/h2-6H,7-8H2,1H3,(H,16,18);1H. The molecule has 1 unspecified atom stereocenters. The normalized spacial score (nSPS) is 17.2. The number of quaternary nitrogens is 1. The predicted molar refractivity (Wildman–Crippen MR) is 72.8 cm³/mol. The number of carbonyl (C=O) groups is 3. The van der Waals surface area contributed by atoms with Gasteiger partial charge in [-0.25, -0.2) is 9.59 Å². The Morgan fingerprint density at radius 3 is 2.38 bits per heavy atom. The van der Waals surface area contributed by atoms with Gasteiger partial charge in [0.1, 0.15) is 0 Å². The van der Waals surface area contributed by atoms with Crippen LogP contribution in [0.5, 0.6) is 0 Å². The molecule has 0 aliphatic carbocycles. The van der Waals surface area contributed by atoms with Crippen molar-refractivity contribution < 1.29 is 31.7 Å². The van der Waals surface area contributed by atoms with Crippen molar-refractivity contribution >= 4 is 29.3 Å². The number of hydrogen-bond acceptors (Lipinski definition) is 3. The summed E-state index contributed by atoms with van der Waals surface area (Å²) in [6, 6.07) is 7.72. The van der Waals surface area contributed by atoms with Gasteiger partial charge in [-0.3, -0.25) is 4.79 Å². The highest BCUT2D eigenvalue weighted by Crippen LogP contribution is 2.03. The van der Waals surface area contributed by atoms with Crippen molar-refractivity contribution in [3.8, 4) is 0 Å². The van der Waals surface area contributed by atoms with Crippen molar-refractivity contribution in [1.29, 1.82) is 0 Å². The first kappa shape index (κ1) is 17.4. The maximum absolute atomic E-state index is 11.7. The molecule has 21 heavy (non-hydrogen) atoms. The second-order valence-corrected chi connectivity index (χ2v) is 5.01. The van der Waals surface area contributed by atoms with Gasteiger partial charge in [-0.1, -0.05) is 41.4 Å².